The van der Waals surface area contributed by atoms with Crippen LogP contribution in [0.4, 0.5) is 0 Å². The Kier molecular flexibility index (Phi) is 8.24. The fourth-order valence-corrected chi connectivity index (χ4v) is 4.12. The summed E-state index contributed by atoms with van der Waals surface area (Å²) in [5.41, 5.74) is 3.72. The lowest BCUT2D eigenvalue weighted by atomic mass is 9.86. The van der Waals surface area contributed by atoms with Gasteiger partial charge >= 0.3 is 0 Å². The van der Waals surface area contributed by atoms with E-state index in [1.165, 1.54) is 0 Å². The first-order valence-corrected chi connectivity index (χ1v) is 10.1. The topological polar surface area (TPSA) is 76.5 Å². The molecular formula is C20H29N5S2. The molecule has 7 heteroatoms. The maximum absolute atomic E-state index is 9.11. The van der Waals surface area contributed by atoms with Crippen LogP contribution in [-0.4, -0.2) is 22.1 Å². The van der Waals surface area contributed by atoms with Gasteiger partial charge in [0.05, 0.1) is 17.3 Å². The van der Waals surface area contributed by atoms with Gasteiger partial charge in [0.2, 0.25) is 0 Å². The van der Waals surface area contributed by atoms with Crippen molar-refractivity contribution in [3.63, 3.8) is 0 Å². The van der Waals surface area contributed by atoms with Gasteiger partial charge in [0.15, 0.2) is 0 Å². The van der Waals surface area contributed by atoms with Crippen molar-refractivity contribution in [1.29, 1.82) is 5.26 Å². The van der Waals surface area contributed by atoms with Gasteiger partial charge in [0.25, 0.3) is 0 Å². The molecule has 0 bridgehead atoms. The van der Waals surface area contributed by atoms with Crippen LogP contribution in [-0.2, 0) is 0 Å². The van der Waals surface area contributed by atoms with Crippen LogP contribution in [0.1, 0.15) is 62.5 Å². The van der Waals surface area contributed by atoms with Crippen molar-refractivity contribution in [2.24, 2.45) is 0 Å². The Bertz CT molecular complexity index is 773. The molecule has 0 spiro atoms. The van der Waals surface area contributed by atoms with E-state index in [2.05, 4.69) is 41.3 Å². The second-order valence-corrected chi connectivity index (χ2v) is 8.00. The van der Waals surface area contributed by atoms with Crippen LogP contribution in [0.3, 0.4) is 0 Å². The molecule has 1 aromatic heterocycles. The minimum absolute atomic E-state index is 0. The number of aryl methyl sites for hydroxylation is 1. The molecule has 0 atom stereocenters. The Labute approximate surface area is 173 Å². The molecule has 2 aromatic rings. The average Bonchev–Trinajstić information content (AvgIpc) is 3.04. The van der Waals surface area contributed by atoms with E-state index in [0.717, 1.165) is 48.5 Å². The number of imidazole rings is 1. The molecule has 3 N–H and O–H groups in total. The van der Waals surface area contributed by atoms with E-state index in [4.69, 9.17) is 10.2 Å². The Morgan fingerprint density at radius 3 is 2.67 bits per heavy atom. The van der Waals surface area contributed by atoms with Crippen LogP contribution in [0.5, 0.6) is 0 Å². The number of nitrogens with one attached hydrogen (secondary N) is 3. The van der Waals surface area contributed by atoms with E-state index in [1.54, 1.807) is 12.1 Å². The van der Waals surface area contributed by atoms with Gasteiger partial charge in [-0.15, -0.1) is 0 Å². The Balaban J connectivity index is 0.00000261. The van der Waals surface area contributed by atoms with Gasteiger partial charge < -0.3 is 4.98 Å². The highest BCUT2D eigenvalue weighted by atomic mass is 32.2. The summed E-state index contributed by atoms with van der Waals surface area (Å²) < 4.78 is 6.86. The van der Waals surface area contributed by atoms with Gasteiger partial charge in [0, 0.05) is 41.4 Å². The van der Waals surface area contributed by atoms with Crippen molar-refractivity contribution in [3.8, 4) is 17.3 Å². The second kappa shape index (κ2) is 10.2. The molecule has 1 aromatic carbocycles. The van der Waals surface area contributed by atoms with Crippen LogP contribution in [0.25, 0.3) is 11.3 Å². The van der Waals surface area contributed by atoms with Gasteiger partial charge in [-0.05, 0) is 58.6 Å². The zero-order chi connectivity index (χ0) is 18.5. The van der Waals surface area contributed by atoms with E-state index in [-0.39, 0.29) is 13.5 Å². The van der Waals surface area contributed by atoms with Gasteiger partial charge in [-0.1, -0.05) is 12.1 Å². The third kappa shape index (κ3) is 5.76. The fourth-order valence-electron chi connectivity index (χ4n) is 3.41. The van der Waals surface area contributed by atoms with Crippen molar-refractivity contribution in [3.05, 3.63) is 41.3 Å². The van der Waals surface area contributed by atoms with Crippen molar-refractivity contribution in [2.75, 3.05) is 0 Å². The van der Waals surface area contributed by atoms with E-state index in [0.29, 0.717) is 23.6 Å². The summed E-state index contributed by atoms with van der Waals surface area (Å²) in [7, 11) is 0. The van der Waals surface area contributed by atoms with Gasteiger partial charge in [-0.25, -0.2) is 14.4 Å². The fraction of sp³-hybridized carbons (Fsp3) is 0.500. The van der Waals surface area contributed by atoms with Crippen LogP contribution in [0.2, 0.25) is 0 Å². The zero-order valence-electron chi connectivity index (χ0n) is 16.2. The molecule has 1 fully saturated rings. The van der Waals surface area contributed by atoms with E-state index in [9.17, 15) is 0 Å². The number of nitriles is 1. The smallest absolute Gasteiger partial charge is 0.110 e. The quantitative estimate of drug-likeness (QED) is 0.617. The average molecular weight is 404 g/mol. The molecule has 1 aliphatic rings. The molecule has 1 heterocycles. The number of rotatable bonds is 6. The molecule has 1 aliphatic carbocycles. The van der Waals surface area contributed by atoms with Crippen LogP contribution in [0.15, 0.2) is 24.3 Å². The number of H-pyrrole nitrogens is 1. The highest BCUT2D eigenvalue weighted by molar-refractivity contribution is 7.95. The number of aromatic amines is 1. The first-order chi connectivity index (χ1) is 12.6. The standard InChI is InChI=1S/C20H27N5S.H2S/c1-13(2)24-26-25-18-9-7-16(8-10-18)20-22-14(3)19(23-20)17-6-4-5-15(11-17)12-21;/h4-6,11,13,16,18,24-25H,7-10H2,1-3H3,(H,22,23);1H2. The molecule has 0 radical (unpaired) electrons. The summed E-state index contributed by atoms with van der Waals surface area (Å²) in [5.74, 6) is 1.58. The number of aromatic nitrogens is 2. The summed E-state index contributed by atoms with van der Waals surface area (Å²) in [5, 5.41) is 9.11. The molecular weight excluding hydrogens is 374 g/mol. The van der Waals surface area contributed by atoms with E-state index < -0.39 is 0 Å². The van der Waals surface area contributed by atoms with Crippen molar-refractivity contribution < 1.29 is 0 Å². The summed E-state index contributed by atoms with van der Waals surface area (Å²) in [4.78, 5) is 8.38. The minimum Gasteiger partial charge on any atom is -0.345 e. The minimum atomic E-state index is 0. The normalized spacial score (nSPS) is 19.5. The maximum Gasteiger partial charge on any atom is 0.110 e. The SMILES string of the molecule is Cc1[nH]c(C2CCC(NSNC(C)C)CC2)nc1-c1cccc(C#N)c1.S. The molecule has 0 unspecified atom stereocenters. The predicted octanol–water partition coefficient (Wildman–Crippen LogP) is 4.55. The molecule has 5 nitrogen and oxygen atoms in total. The number of hydrogen-bond donors (Lipinski definition) is 3. The monoisotopic (exact) mass is 403 g/mol. The molecule has 0 saturated heterocycles. The largest absolute Gasteiger partial charge is 0.345 e. The van der Waals surface area contributed by atoms with Crippen molar-refractivity contribution in [2.45, 2.75) is 64.5 Å². The van der Waals surface area contributed by atoms with Crippen molar-refractivity contribution >= 4 is 25.6 Å². The number of nitrogens with zero attached hydrogens (tertiary/aromatic N) is 2. The lowest BCUT2D eigenvalue weighted by molar-refractivity contribution is 0.372. The van der Waals surface area contributed by atoms with Crippen LogP contribution >= 0.6 is 25.6 Å². The maximum atomic E-state index is 9.11. The number of benzene rings is 1. The first kappa shape index (κ1) is 21.8. The van der Waals surface area contributed by atoms with E-state index >= 15 is 0 Å². The zero-order valence-corrected chi connectivity index (χ0v) is 18.0. The first-order valence-electron chi connectivity index (χ1n) is 9.30. The lowest BCUT2D eigenvalue weighted by Crippen LogP contribution is -2.32. The Hall–Kier alpha value is -1.46. The molecule has 146 valence electrons. The summed E-state index contributed by atoms with van der Waals surface area (Å²) >= 11 is 1.62. The van der Waals surface area contributed by atoms with Gasteiger partial charge in [-0.2, -0.15) is 18.8 Å². The van der Waals surface area contributed by atoms with Gasteiger partial charge in [0.1, 0.15) is 5.82 Å². The van der Waals surface area contributed by atoms with Crippen LogP contribution < -0.4 is 9.44 Å². The molecule has 0 aliphatic heterocycles. The molecule has 1 saturated carbocycles. The lowest BCUT2D eigenvalue weighted by Gasteiger charge is -2.28. The third-order valence-corrected chi connectivity index (χ3v) is 5.84. The Morgan fingerprint density at radius 2 is 2.00 bits per heavy atom. The highest BCUT2D eigenvalue weighted by Crippen LogP contribution is 2.34. The number of hydrogen-bond acceptors (Lipinski definition) is 5. The van der Waals surface area contributed by atoms with Crippen molar-refractivity contribution in [1.82, 2.24) is 19.4 Å². The molecule has 3 rings (SSSR count). The molecule has 0 amide bonds. The summed E-state index contributed by atoms with van der Waals surface area (Å²) in [6.07, 6.45) is 4.61. The van der Waals surface area contributed by atoms with Gasteiger partial charge in [-0.3, -0.25) is 0 Å². The predicted molar refractivity (Wildman–Crippen MR) is 118 cm³/mol. The summed E-state index contributed by atoms with van der Waals surface area (Å²) in [6.45, 7) is 6.36. The third-order valence-electron chi connectivity index (χ3n) is 4.80. The summed E-state index contributed by atoms with van der Waals surface area (Å²) in [6, 6.07) is 10.9. The molecule has 27 heavy (non-hydrogen) atoms. The highest BCUT2D eigenvalue weighted by Gasteiger charge is 2.25. The second-order valence-electron chi connectivity index (χ2n) is 7.33. The Morgan fingerprint density at radius 1 is 1.26 bits per heavy atom. The van der Waals surface area contributed by atoms with E-state index in [1.807, 2.05) is 24.3 Å². The van der Waals surface area contributed by atoms with Crippen LogP contribution in [0, 0.1) is 18.3 Å².